The first-order valence-electron chi connectivity index (χ1n) is 4.10. The minimum absolute atomic E-state index is 0.274. The summed E-state index contributed by atoms with van der Waals surface area (Å²) < 4.78 is 6.54. The predicted octanol–water partition coefficient (Wildman–Crippen LogP) is 1.27. The van der Waals surface area contributed by atoms with Gasteiger partial charge in [-0.15, -0.1) is 0 Å². The van der Waals surface area contributed by atoms with Gasteiger partial charge in [-0.05, 0) is 12.1 Å². The molecule has 0 radical (unpaired) electrons. The molecule has 0 aliphatic rings. The first-order valence-corrected chi connectivity index (χ1v) is 4.10. The fourth-order valence-corrected chi connectivity index (χ4v) is 1.07. The standard InChI is InChI=1S/C9H9N3O2/c1-12-5-4-8(11-12)10-9(13)7-3-2-6-14-7/h2-6H,1H3,(H,10,11,13). The summed E-state index contributed by atoms with van der Waals surface area (Å²) in [5.41, 5.74) is 0. The van der Waals surface area contributed by atoms with Gasteiger partial charge in [0.25, 0.3) is 5.91 Å². The number of carbonyl (C=O) groups excluding carboxylic acids is 1. The molecule has 0 bridgehead atoms. The highest BCUT2D eigenvalue weighted by molar-refractivity contribution is 6.01. The van der Waals surface area contributed by atoms with Crippen molar-refractivity contribution >= 4 is 11.7 Å². The number of amides is 1. The third-order valence-corrected chi connectivity index (χ3v) is 1.70. The number of furan rings is 1. The Hall–Kier alpha value is -2.04. The summed E-state index contributed by atoms with van der Waals surface area (Å²) in [6, 6.07) is 4.96. The average molecular weight is 191 g/mol. The third-order valence-electron chi connectivity index (χ3n) is 1.70. The van der Waals surface area contributed by atoms with E-state index in [1.807, 2.05) is 0 Å². The highest BCUT2D eigenvalue weighted by atomic mass is 16.3. The summed E-state index contributed by atoms with van der Waals surface area (Å²) in [5.74, 6) is 0.484. The molecule has 2 aromatic heterocycles. The molecule has 2 aromatic rings. The van der Waals surface area contributed by atoms with E-state index in [1.165, 1.54) is 6.26 Å². The molecule has 0 saturated heterocycles. The number of carbonyl (C=O) groups is 1. The average Bonchev–Trinajstić information content (AvgIpc) is 2.75. The Morgan fingerprint density at radius 3 is 3.00 bits per heavy atom. The first kappa shape index (κ1) is 8.55. The SMILES string of the molecule is Cn1ccc(NC(=O)c2ccco2)n1. The van der Waals surface area contributed by atoms with Crippen molar-refractivity contribution in [3.05, 3.63) is 36.4 Å². The van der Waals surface area contributed by atoms with Crippen LogP contribution in [-0.4, -0.2) is 15.7 Å². The highest BCUT2D eigenvalue weighted by Crippen LogP contribution is 2.06. The quantitative estimate of drug-likeness (QED) is 0.777. The molecule has 0 aliphatic carbocycles. The van der Waals surface area contributed by atoms with Crippen molar-refractivity contribution in [3.63, 3.8) is 0 Å². The lowest BCUT2D eigenvalue weighted by Gasteiger charge is -1.97. The van der Waals surface area contributed by atoms with E-state index >= 15 is 0 Å². The van der Waals surface area contributed by atoms with E-state index in [1.54, 1.807) is 36.1 Å². The molecule has 2 heterocycles. The van der Waals surface area contributed by atoms with Crippen molar-refractivity contribution in [3.8, 4) is 0 Å². The molecule has 0 unspecified atom stereocenters. The normalized spacial score (nSPS) is 10.1. The number of hydrogen-bond donors (Lipinski definition) is 1. The van der Waals surface area contributed by atoms with E-state index in [2.05, 4.69) is 10.4 Å². The minimum atomic E-state index is -0.297. The molecule has 2 rings (SSSR count). The van der Waals surface area contributed by atoms with Crippen molar-refractivity contribution in [2.45, 2.75) is 0 Å². The van der Waals surface area contributed by atoms with E-state index in [0.717, 1.165) is 0 Å². The Labute approximate surface area is 80.3 Å². The second-order valence-corrected chi connectivity index (χ2v) is 2.81. The maximum atomic E-state index is 11.4. The van der Waals surface area contributed by atoms with Gasteiger partial charge < -0.3 is 9.73 Å². The zero-order chi connectivity index (χ0) is 9.97. The topological polar surface area (TPSA) is 60.1 Å². The smallest absolute Gasteiger partial charge is 0.292 e. The van der Waals surface area contributed by atoms with Crippen molar-refractivity contribution in [2.75, 3.05) is 5.32 Å². The van der Waals surface area contributed by atoms with Crippen LogP contribution in [0.3, 0.4) is 0 Å². The molecule has 0 aromatic carbocycles. The Balaban J connectivity index is 2.09. The van der Waals surface area contributed by atoms with Crippen molar-refractivity contribution < 1.29 is 9.21 Å². The zero-order valence-electron chi connectivity index (χ0n) is 7.60. The number of aryl methyl sites for hydroxylation is 1. The molecule has 5 heteroatoms. The van der Waals surface area contributed by atoms with E-state index in [9.17, 15) is 4.79 Å². The summed E-state index contributed by atoms with van der Waals surface area (Å²) in [4.78, 5) is 11.4. The highest BCUT2D eigenvalue weighted by Gasteiger charge is 2.09. The summed E-state index contributed by atoms with van der Waals surface area (Å²) in [6.45, 7) is 0. The second kappa shape index (κ2) is 3.37. The number of hydrogen-bond acceptors (Lipinski definition) is 3. The van der Waals surface area contributed by atoms with E-state index < -0.39 is 0 Å². The molecule has 1 N–H and O–H groups in total. The molecule has 0 fully saturated rings. The third kappa shape index (κ3) is 1.66. The summed E-state index contributed by atoms with van der Waals surface area (Å²) in [7, 11) is 1.78. The lowest BCUT2D eigenvalue weighted by Crippen LogP contribution is -2.11. The Morgan fingerprint density at radius 2 is 2.43 bits per heavy atom. The summed E-state index contributed by atoms with van der Waals surface area (Å²) in [5, 5.41) is 6.60. The fraction of sp³-hybridized carbons (Fsp3) is 0.111. The Bertz CT molecular complexity index is 431. The van der Waals surface area contributed by atoms with Gasteiger partial charge >= 0.3 is 0 Å². The van der Waals surface area contributed by atoms with Gasteiger partial charge in [-0.25, -0.2) is 0 Å². The van der Waals surface area contributed by atoms with Gasteiger partial charge in [0.2, 0.25) is 0 Å². The van der Waals surface area contributed by atoms with Crippen LogP contribution in [0.15, 0.2) is 35.1 Å². The lowest BCUT2D eigenvalue weighted by molar-refractivity contribution is 0.0996. The Morgan fingerprint density at radius 1 is 1.57 bits per heavy atom. The van der Waals surface area contributed by atoms with Crippen molar-refractivity contribution in [2.24, 2.45) is 7.05 Å². The van der Waals surface area contributed by atoms with Crippen LogP contribution in [0.25, 0.3) is 0 Å². The van der Waals surface area contributed by atoms with Crippen LogP contribution in [0, 0.1) is 0 Å². The fourth-order valence-electron chi connectivity index (χ4n) is 1.07. The van der Waals surface area contributed by atoms with E-state index in [4.69, 9.17) is 4.42 Å². The monoisotopic (exact) mass is 191 g/mol. The predicted molar refractivity (Wildman–Crippen MR) is 49.9 cm³/mol. The molecule has 0 aliphatic heterocycles. The maximum Gasteiger partial charge on any atom is 0.292 e. The molecule has 0 saturated carbocycles. The molecule has 14 heavy (non-hydrogen) atoms. The molecule has 72 valence electrons. The summed E-state index contributed by atoms with van der Waals surface area (Å²) in [6.07, 6.45) is 3.20. The van der Waals surface area contributed by atoms with Gasteiger partial charge in [-0.3, -0.25) is 9.48 Å². The van der Waals surface area contributed by atoms with Crippen LogP contribution in [0.1, 0.15) is 10.6 Å². The largest absolute Gasteiger partial charge is 0.459 e. The molecule has 0 spiro atoms. The van der Waals surface area contributed by atoms with Crippen LogP contribution in [0.4, 0.5) is 5.82 Å². The molecule has 1 amide bonds. The van der Waals surface area contributed by atoms with Crippen LogP contribution < -0.4 is 5.32 Å². The van der Waals surface area contributed by atoms with Gasteiger partial charge in [-0.1, -0.05) is 0 Å². The van der Waals surface area contributed by atoms with Gasteiger partial charge in [0.1, 0.15) is 0 Å². The van der Waals surface area contributed by atoms with E-state index in [0.29, 0.717) is 5.82 Å². The number of nitrogens with zero attached hydrogens (tertiary/aromatic N) is 2. The second-order valence-electron chi connectivity index (χ2n) is 2.81. The molecular formula is C9H9N3O2. The number of aromatic nitrogens is 2. The van der Waals surface area contributed by atoms with Crippen LogP contribution in [0.5, 0.6) is 0 Å². The van der Waals surface area contributed by atoms with Crippen LogP contribution >= 0.6 is 0 Å². The van der Waals surface area contributed by atoms with Gasteiger partial charge in [-0.2, -0.15) is 5.10 Å². The van der Waals surface area contributed by atoms with Crippen molar-refractivity contribution in [1.29, 1.82) is 0 Å². The van der Waals surface area contributed by atoms with Crippen LogP contribution in [0.2, 0.25) is 0 Å². The number of nitrogens with one attached hydrogen (secondary N) is 1. The van der Waals surface area contributed by atoms with Gasteiger partial charge in [0.05, 0.1) is 6.26 Å². The molecule has 0 atom stereocenters. The number of rotatable bonds is 2. The molecule has 5 nitrogen and oxygen atoms in total. The van der Waals surface area contributed by atoms with Gasteiger partial charge in [0, 0.05) is 19.3 Å². The van der Waals surface area contributed by atoms with Crippen molar-refractivity contribution in [1.82, 2.24) is 9.78 Å². The lowest BCUT2D eigenvalue weighted by atomic mass is 10.4. The summed E-state index contributed by atoms with van der Waals surface area (Å²) >= 11 is 0. The van der Waals surface area contributed by atoms with E-state index in [-0.39, 0.29) is 11.7 Å². The molecular weight excluding hydrogens is 182 g/mol. The van der Waals surface area contributed by atoms with Crippen LogP contribution in [-0.2, 0) is 7.05 Å². The van der Waals surface area contributed by atoms with Gasteiger partial charge in [0.15, 0.2) is 11.6 Å². The Kier molecular flexibility index (Phi) is 2.06. The number of anilines is 1. The zero-order valence-corrected chi connectivity index (χ0v) is 7.60. The minimum Gasteiger partial charge on any atom is -0.459 e. The maximum absolute atomic E-state index is 11.4. The first-order chi connectivity index (χ1) is 6.75.